The molecule has 4 aromatic rings. The molecule has 0 amide bonds. The van der Waals surface area contributed by atoms with E-state index in [1.165, 1.54) is 4.70 Å². The van der Waals surface area contributed by atoms with E-state index >= 15 is 0 Å². The molecule has 0 bridgehead atoms. The van der Waals surface area contributed by atoms with E-state index in [4.69, 9.17) is 13.6 Å². The molecule has 3 aromatic heterocycles. The van der Waals surface area contributed by atoms with E-state index in [2.05, 4.69) is 27.3 Å². The van der Waals surface area contributed by atoms with Gasteiger partial charge in [-0.15, -0.1) is 11.3 Å². The van der Waals surface area contributed by atoms with Gasteiger partial charge in [-0.1, -0.05) is 12.1 Å². The fraction of sp³-hybridized carbons (Fsp3) is 0.348. The van der Waals surface area contributed by atoms with Crippen LogP contribution in [-0.4, -0.2) is 42.7 Å². The molecule has 1 atom stereocenters. The van der Waals surface area contributed by atoms with Gasteiger partial charge in [0.2, 0.25) is 0 Å². The molecule has 156 valence electrons. The maximum absolute atomic E-state index is 6.06. The smallest absolute Gasteiger partial charge is 0.163 e. The molecule has 4 heterocycles. The van der Waals surface area contributed by atoms with Gasteiger partial charge in [-0.05, 0) is 43.3 Å². The second kappa shape index (κ2) is 8.73. The summed E-state index contributed by atoms with van der Waals surface area (Å²) in [7, 11) is 0. The Morgan fingerprint density at radius 3 is 2.73 bits per heavy atom. The van der Waals surface area contributed by atoms with Crippen molar-refractivity contribution < 1.29 is 13.6 Å². The highest BCUT2D eigenvalue weighted by molar-refractivity contribution is 7.21. The van der Waals surface area contributed by atoms with Gasteiger partial charge < -0.3 is 18.9 Å². The molecule has 0 radical (unpaired) electrons. The first-order chi connectivity index (χ1) is 14.8. The number of aromatic nitrogens is 1. The summed E-state index contributed by atoms with van der Waals surface area (Å²) in [5, 5.41) is 4.46. The van der Waals surface area contributed by atoms with Gasteiger partial charge in [0.05, 0.1) is 36.0 Å². The molecule has 0 saturated carbocycles. The van der Waals surface area contributed by atoms with Crippen LogP contribution in [0.3, 0.4) is 0 Å². The number of hydrogen-bond donors (Lipinski definition) is 1. The second-order valence-corrected chi connectivity index (χ2v) is 8.53. The van der Waals surface area contributed by atoms with Crippen LogP contribution >= 0.6 is 11.3 Å². The molecule has 7 heteroatoms. The minimum Gasteiger partial charge on any atom is -0.465 e. The van der Waals surface area contributed by atoms with E-state index in [1.807, 2.05) is 43.3 Å². The zero-order chi connectivity index (χ0) is 20.3. The lowest BCUT2D eigenvalue weighted by atomic mass is 10.1. The first kappa shape index (κ1) is 19.5. The molecule has 0 spiro atoms. The maximum Gasteiger partial charge on any atom is 0.163 e. The molecular weight excluding hydrogens is 398 g/mol. The molecule has 6 nitrogen and oxygen atoms in total. The summed E-state index contributed by atoms with van der Waals surface area (Å²) in [4.78, 5) is 7.10. The Balaban J connectivity index is 1.25. The van der Waals surface area contributed by atoms with Crippen molar-refractivity contribution in [3.05, 3.63) is 65.8 Å². The van der Waals surface area contributed by atoms with Crippen molar-refractivity contribution in [3.8, 4) is 10.8 Å². The number of hydrogen-bond acceptors (Lipinski definition) is 7. The van der Waals surface area contributed by atoms with Gasteiger partial charge in [-0.2, -0.15) is 0 Å². The standard InChI is InChI=1S/C23H25N3O3S/c1-16-6-8-20(28-16)19(26-10-12-27-13-11-26)15-24-14-17-7-9-21(29-17)23-25-18-4-2-3-5-22(18)30-23/h2-9,19,24H,10-15H2,1H3/t19-/m0/s1. The highest BCUT2D eigenvalue weighted by Gasteiger charge is 2.25. The third kappa shape index (κ3) is 4.20. The Morgan fingerprint density at radius 2 is 1.93 bits per heavy atom. The number of nitrogens with one attached hydrogen (secondary N) is 1. The van der Waals surface area contributed by atoms with Crippen LogP contribution in [0.5, 0.6) is 0 Å². The van der Waals surface area contributed by atoms with Crippen LogP contribution in [0.15, 0.2) is 57.4 Å². The van der Waals surface area contributed by atoms with Crippen molar-refractivity contribution in [2.75, 3.05) is 32.8 Å². The Bertz CT molecular complexity index is 1080. The maximum atomic E-state index is 6.06. The van der Waals surface area contributed by atoms with Crippen LogP contribution in [0.4, 0.5) is 0 Å². The fourth-order valence-corrected chi connectivity index (χ4v) is 4.76. The predicted molar refractivity (Wildman–Crippen MR) is 118 cm³/mol. The van der Waals surface area contributed by atoms with Crippen molar-refractivity contribution in [2.24, 2.45) is 0 Å². The number of aryl methyl sites for hydroxylation is 1. The molecule has 30 heavy (non-hydrogen) atoms. The quantitative estimate of drug-likeness (QED) is 0.468. The van der Waals surface area contributed by atoms with Crippen LogP contribution in [0.1, 0.15) is 23.3 Å². The van der Waals surface area contributed by atoms with Crippen LogP contribution in [0.25, 0.3) is 21.0 Å². The van der Waals surface area contributed by atoms with Gasteiger partial charge in [0, 0.05) is 19.6 Å². The largest absolute Gasteiger partial charge is 0.465 e. The fourth-order valence-electron chi connectivity index (χ4n) is 3.83. The van der Waals surface area contributed by atoms with Crippen molar-refractivity contribution in [3.63, 3.8) is 0 Å². The molecule has 1 aliphatic rings. The lowest BCUT2D eigenvalue weighted by Gasteiger charge is -2.33. The van der Waals surface area contributed by atoms with Crippen molar-refractivity contribution in [1.29, 1.82) is 0 Å². The number of thiazole rings is 1. The van der Waals surface area contributed by atoms with E-state index in [0.29, 0.717) is 6.54 Å². The molecular formula is C23H25N3O3S. The number of furan rings is 2. The number of rotatable bonds is 7. The predicted octanol–water partition coefficient (Wildman–Crippen LogP) is 4.62. The summed E-state index contributed by atoms with van der Waals surface area (Å²) >= 11 is 1.65. The Hall–Kier alpha value is -2.45. The lowest BCUT2D eigenvalue weighted by Crippen LogP contribution is -2.42. The summed E-state index contributed by atoms with van der Waals surface area (Å²) in [5.74, 6) is 3.66. The van der Waals surface area contributed by atoms with Crippen LogP contribution in [0.2, 0.25) is 0 Å². The van der Waals surface area contributed by atoms with E-state index in [-0.39, 0.29) is 6.04 Å². The lowest BCUT2D eigenvalue weighted by molar-refractivity contribution is 0.0114. The highest BCUT2D eigenvalue weighted by Crippen LogP contribution is 2.31. The minimum absolute atomic E-state index is 0.182. The number of benzene rings is 1. The van der Waals surface area contributed by atoms with E-state index in [9.17, 15) is 0 Å². The molecule has 1 N–H and O–H groups in total. The van der Waals surface area contributed by atoms with Crippen molar-refractivity contribution in [2.45, 2.75) is 19.5 Å². The summed E-state index contributed by atoms with van der Waals surface area (Å²) in [6.45, 7) is 6.78. The zero-order valence-corrected chi connectivity index (χ0v) is 17.8. The molecule has 5 rings (SSSR count). The number of ether oxygens (including phenoxy) is 1. The summed E-state index contributed by atoms with van der Waals surface area (Å²) in [6.07, 6.45) is 0. The Kier molecular flexibility index (Phi) is 5.68. The van der Waals surface area contributed by atoms with Crippen LogP contribution in [0, 0.1) is 6.92 Å². The Labute approximate surface area is 179 Å². The average molecular weight is 424 g/mol. The number of nitrogens with zero attached hydrogens (tertiary/aromatic N) is 2. The van der Waals surface area contributed by atoms with Gasteiger partial charge in [0.1, 0.15) is 17.3 Å². The van der Waals surface area contributed by atoms with E-state index in [1.54, 1.807) is 11.3 Å². The summed E-state index contributed by atoms with van der Waals surface area (Å²) in [5.41, 5.74) is 1.01. The van der Waals surface area contributed by atoms with E-state index in [0.717, 1.165) is 66.4 Å². The molecule has 1 aromatic carbocycles. The van der Waals surface area contributed by atoms with Crippen LogP contribution in [-0.2, 0) is 11.3 Å². The molecule has 1 saturated heterocycles. The SMILES string of the molecule is Cc1ccc([C@H](CNCc2ccc(-c3nc4ccccc4s3)o2)N2CCOCC2)o1. The van der Waals surface area contributed by atoms with Gasteiger partial charge >= 0.3 is 0 Å². The number of fused-ring (bicyclic) bond motifs is 1. The average Bonchev–Trinajstić information content (AvgIpc) is 3.51. The molecule has 0 unspecified atom stereocenters. The van der Waals surface area contributed by atoms with Crippen molar-refractivity contribution in [1.82, 2.24) is 15.2 Å². The first-order valence-electron chi connectivity index (χ1n) is 10.3. The van der Waals surface area contributed by atoms with Gasteiger partial charge in [0.15, 0.2) is 10.8 Å². The Morgan fingerprint density at radius 1 is 1.07 bits per heavy atom. The highest BCUT2D eigenvalue weighted by atomic mass is 32.1. The van der Waals surface area contributed by atoms with Crippen LogP contribution < -0.4 is 5.32 Å². The topological polar surface area (TPSA) is 63.7 Å². The van der Waals surface area contributed by atoms with Gasteiger partial charge in [-0.3, -0.25) is 4.90 Å². The molecule has 1 fully saturated rings. The van der Waals surface area contributed by atoms with Crippen molar-refractivity contribution >= 4 is 21.6 Å². The molecule has 0 aliphatic carbocycles. The second-order valence-electron chi connectivity index (χ2n) is 7.50. The number of morpholine rings is 1. The summed E-state index contributed by atoms with van der Waals surface area (Å²) < 4.78 is 18.7. The first-order valence-corrected chi connectivity index (χ1v) is 11.1. The summed E-state index contributed by atoms with van der Waals surface area (Å²) in [6, 6.07) is 16.5. The third-order valence-electron chi connectivity index (χ3n) is 5.38. The minimum atomic E-state index is 0.182. The molecule has 1 aliphatic heterocycles. The van der Waals surface area contributed by atoms with E-state index < -0.39 is 0 Å². The van der Waals surface area contributed by atoms with Gasteiger partial charge in [0.25, 0.3) is 0 Å². The van der Waals surface area contributed by atoms with Gasteiger partial charge in [-0.25, -0.2) is 4.98 Å². The number of para-hydroxylation sites is 1. The third-order valence-corrected chi connectivity index (χ3v) is 6.43. The normalized spacial score (nSPS) is 16.3. The monoisotopic (exact) mass is 423 g/mol. The zero-order valence-electron chi connectivity index (χ0n) is 17.0.